The van der Waals surface area contributed by atoms with Gasteiger partial charge < -0.3 is 24.6 Å². The van der Waals surface area contributed by atoms with Crippen LogP contribution in [0, 0.1) is 0 Å². The molecule has 104 valence electrons. The van der Waals surface area contributed by atoms with Gasteiger partial charge in [-0.2, -0.15) is 4.98 Å². The number of nitrogens with one attached hydrogen (secondary N) is 1. The van der Waals surface area contributed by atoms with E-state index in [9.17, 15) is 9.59 Å². The van der Waals surface area contributed by atoms with Crippen molar-refractivity contribution in [1.29, 1.82) is 0 Å². The fraction of sp³-hybridized carbons (Fsp3) is 0.600. The van der Waals surface area contributed by atoms with Crippen molar-refractivity contribution >= 4 is 12.0 Å². The number of aliphatic carboxylic acids is 1. The number of carbonyl (C=O) groups is 2. The zero-order chi connectivity index (χ0) is 13.7. The van der Waals surface area contributed by atoms with Crippen LogP contribution in [0.25, 0.3) is 0 Å². The molecule has 0 bridgehead atoms. The van der Waals surface area contributed by atoms with E-state index < -0.39 is 12.0 Å². The predicted octanol–water partition coefficient (Wildman–Crippen LogP) is -0.545. The maximum atomic E-state index is 12.0. The van der Waals surface area contributed by atoms with Gasteiger partial charge in [-0.05, 0) is 0 Å². The minimum absolute atomic E-state index is 0.131. The Morgan fingerprint density at radius 3 is 3.11 bits per heavy atom. The van der Waals surface area contributed by atoms with Gasteiger partial charge in [-0.3, -0.25) is 4.79 Å². The van der Waals surface area contributed by atoms with Crippen molar-refractivity contribution in [3.63, 3.8) is 0 Å². The Balaban J connectivity index is 1.89. The van der Waals surface area contributed by atoms with E-state index in [0.717, 1.165) is 0 Å². The van der Waals surface area contributed by atoms with Crippen molar-refractivity contribution in [3.05, 3.63) is 12.2 Å². The highest BCUT2D eigenvalue weighted by atomic mass is 16.5. The Morgan fingerprint density at radius 1 is 1.58 bits per heavy atom. The number of carbonyl (C=O) groups excluding carboxylic acids is 1. The highest BCUT2D eigenvalue weighted by molar-refractivity contribution is 5.76. The average molecular weight is 270 g/mol. The lowest BCUT2D eigenvalue weighted by Gasteiger charge is -2.34. The van der Waals surface area contributed by atoms with Crippen LogP contribution in [0.2, 0.25) is 0 Å². The molecule has 2 heterocycles. The van der Waals surface area contributed by atoms with E-state index in [-0.39, 0.29) is 25.6 Å². The van der Waals surface area contributed by atoms with E-state index in [1.165, 1.54) is 11.3 Å². The number of ether oxygens (including phenoxy) is 1. The second-order valence-electron chi connectivity index (χ2n) is 4.03. The highest BCUT2D eigenvalue weighted by Gasteiger charge is 2.29. The normalized spacial score (nSPS) is 19.2. The van der Waals surface area contributed by atoms with Gasteiger partial charge in [-0.1, -0.05) is 5.16 Å². The Bertz CT molecular complexity index is 435. The van der Waals surface area contributed by atoms with E-state index in [1.54, 1.807) is 0 Å². The molecular weight excluding hydrogens is 256 g/mol. The molecule has 0 radical (unpaired) electrons. The summed E-state index contributed by atoms with van der Waals surface area (Å²) in [7, 11) is 0. The lowest BCUT2D eigenvalue weighted by molar-refractivity contribution is -0.139. The molecule has 1 unspecified atom stereocenters. The van der Waals surface area contributed by atoms with Crippen LogP contribution < -0.4 is 5.32 Å². The van der Waals surface area contributed by atoms with Crippen LogP contribution in [0.4, 0.5) is 4.79 Å². The summed E-state index contributed by atoms with van der Waals surface area (Å²) in [5.41, 5.74) is 0. The van der Waals surface area contributed by atoms with Crippen LogP contribution in [0.15, 0.2) is 10.9 Å². The largest absolute Gasteiger partial charge is 0.481 e. The minimum Gasteiger partial charge on any atom is -0.481 e. The minimum atomic E-state index is -0.966. The Hall–Kier alpha value is -2.16. The van der Waals surface area contributed by atoms with Gasteiger partial charge in [0.1, 0.15) is 0 Å². The zero-order valence-corrected chi connectivity index (χ0v) is 10.1. The third kappa shape index (κ3) is 3.65. The summed E-state index contributed by atoms with van der Waals surface area (Å²) < 4.78 is 9.73. The number of morpholine rings is 1. The van der Waals surface area contributed by atoms with E-state index in [0.29, 0.717) is 19.0 Å². The number of carboxylic acid groups (broad SMARTS) is 1. The molecule has 1 atom stereocenters. The summed E-state index contributed by atoms with van der Waals surface area (Å²) in [6, 6.07) is -0.823. The second kappa shape index (κ2) is 6.14. The topological polar surface area (TPSA) is 118 Å². The first-order valence-corrected chi connectivity index (χ1v) is 5.76. The lowest BCUT2D eigenvalue weighted by Crippen LogP contribution is -2.53. The van der Waals surface area contributed by atoms with Gasteiger partial charge >= 0.3 is 12.0 Å². The van der Waals surface area contributed by atoms with Crippen molar-refractivity contribution in [2.45, 2.75) is 19.0 Å². The van der Waals surface area contributed by atoms with Gasteiger partial charge in [0, 0.05) is 6.54 Å². The number of hydrogen-bond acceptors (Lipinski definition) is 6. The molecule has 2 N–H and O–H groups in total. The molecule has 0 spiro atoms. The number of urea groups is 1. The molecule has 1 aliphatic rings. The number of carboxylic acids is 1. The molecule has 1 aromatic heterocycles. The molecule has 0 saturated carbocycles. The average Bonchev–Trinajstić information content (AvgIpc) is 2.89. The molecule has 2 rings (SSSR count). The van der Waals surface area contributed by atoms with E-state index >= 15 is 0 Å². The summed E-state index contributed by atoms with van der Waals surface area (Å²) in [6.45, 7) is 1.11. The second-order valence-corrected chi connectivity index (χ2v) is 4.03. The fourth-order valence-corrected chi connectivity index (χ4v) is 1.82. The summed E-state index contributed by atoms with van der Waals surface area (Å²) >= 11 is 0. The molecular formula is C10H14N4O5. The van der Waals surface area contributed by atoms with Crippen LogP contribution in [0.1, 0.15) is 12.2 Å². The maximum absolute atomic E-state index is 12.0. The molecule has 19 heavy (non-hydrogen) atoms. The van der Waals surface area contributed by atoms with Crippen molar-refractivity contribution in [3.8, 4) is 0 Å². The van der Waals surface area contributed by atoms with E-state index in [1.807, 2.05) is 0 Å². The Morgan fingerprint density at radius 2 is 2.42 bits per heavy atom. The molecule has 1 saturated heterocycles. The van der Waals surface area contributed by atoms with Crippen LogP contribution in [-0.2, 0) is 16.1 Å². The summed E-state index contributed by atoms with van der Waals surface area (Å²) in [6.07, 6.45) is 1.03. The molecule has 2 amide bonds. The maximum Gasteiger partial charge on any atom is 0.318 e. The van der Waals surface area contributed by atoms with Crippen LogP contribution in [0.5, 0.6) is 0 Å². The number of hydrogen-bond donors (Lipinski definition) is 2. The number of aromatic nitrogens is 2. The zero-order valence-electron chi connectivity index (χ0n) is 10.1. The van der Waals surface area contributed by atoms with Gasteiger partial charge in [0.15, 0.2) is 5.82 Å². The molecule has 1 aromatic rings. The summed E-state index contributed by atoms with van der Waals surface area (Å²) in [4.78, 5) is 27.9. The van der Waals surface area contributed by atoms with Crippen LogP contribution >= 0.6 is 0 Å². The number of amides is 2. The van der Waals surface area contributed by atoms with Gasteiger partial charge in [-0.25, -0.2) is 4.79 Å². The van der Waals surface area contributed by atoms with Crippen molar-refractivity contribution in [1.82, 2.24) is 20.4 Å². The van der Waals surface area contributed by atoms with Gasteiger partial charge in [0.05, 0.1) is 32.2 Å². The summed E-state index contributed by atoms with van der Waals surface area (Å²) in [5, 5.41) is 15.0. The first kappa shape index (κ1) is 13.3. The van der Waals surface area contributed by atoms with Gasteiger partial charge in [-0.15, -0.1) is 0 Å². The van der Waals surface area contributed by atoms with E-state index in [4.69, 9.17) is 9.84 Å². The molecule has 9 nitrogen and oxygen atoms in total. The quantitative estimate of drug-likeness (QED) is 0.753. The molecule has 0 aromatic carbocycles. The highest BCUT2D eigenvalue weighted by Crippen LogP contribution is 2.11. The Kier molecular flexibility index (Phi) is 4.29. The third-order valence-electron chi connectivity index (χ3n) is 2.70. The molecule has 1 fully saturated rings. The number of nitrogens with zero attached hydrogens (tertiary/aromatic N) is 3. The monoisotopic (exact) mass is 270 g/mol. The van der Waals surface area contributed by atoms with Gasteiger partial charge in [0.2, 0.25) is 6.39 Å². The SMILES string of the molecule is O=C(O)CC1COCCN1C(=O)NCc1ncon1. The van der Waals surface area contributed by atoms with Crippen LogP contribution in [0.3, 0.4) is 0 Å². The van der Waals surface area contributed by atoms with Crippen molar-refractivity contribution in [2.24, 2.45) is 0 Å². The first-order chi connectivity index (χ1) is 9.16. The molecule has 9 heteroatoms. The molecule has 1 aliphatic heterocycles. The van der Waals surface area contributed by atoms with Gasteiger partial charge in [0.25, 0.3) is 0 Å². The molecule has 0 aliphatic carbocycles. The summed E-state index contributed by atoms with van der Waals surface area (Å²) in [5.74, 6) is -0.608. The Labute approximate surface area is 108 Å². The smallest absolute Gasteiger partial charge is 0.318 e. The van der Waals surface area contributed by atoms with Crippen LogP contribution in [-0.4, -0.2) is 57.9 Å². The third-order valence-corrected chi connectivity index (χ3v) is 2.70. The van der Waals surface area contributed by atoms with E-state index in [2.05, 4.69) is 20.0 Å². The fourth-order valence-electron chi connectivity index (χ4n) is 1.82. The predicted molar refractivity (Wildman–Crippen MR) is 60.1 cm³/mol. The number of rotatable bonds is 4. The lowest BCUT2D eigenvalue weighted by atomic mass is 10.1. The van der Waals surface area contributed by atoms with Crippen molar-refractivity contribution < 1.29 is 24.0 Å². The first-order valence-electron chi connectivity index (χ1n) is 5.76. The standard InChI is InChI=1S/C10H14N4O5/c15-9(16)3-7-5-18-2-1-14(7)10(17)11-4-8-12-6-19-13-8/h6-7H,1-5H2,(H,11,17)(H,15,16). The van der Waals surface area contributed by atoms with Crippen molar-refractivity contribution in [2.75, 3.05) is 19.8 Å².